The van der Waals surface area contributed by atoms with Crippen molar-refractivity contribution in [3.8, 4) is 0 Å². The van der Waals surface area contributed by atoms with E-state index in [4.69, 9.17) is 0 Å². The van der Waals surface area contributed by atoms with Crippen molar-refractivity contribution in [2.75, 3.05) is 13.1 Å². The van der Waals surface area contributed by atoms with Crippen LogP contribution in [0.2, 0.25) is 0 Å². The minimum Gasteiger partial charge on any atom is -0.481 e. The Bertz CT molecular complexity index is 376. The summed E-state index contributed by atoms with van der Waals surface area (Å²) < 4.78 is 0. The predicted molar refractivity (Wildman–Crippen MR) is 81.8 cm³/mol. The number of carbonyl (C=O) groups is 2. The lowest BCUT2D eigenvalue weighted by Crippen LogP contribution is -2.47. The molecule has 2 aliphatic rings. The van der Waals surface area contributed by atoms with Gasteiger partial charge in [0.2, 0.25) is 5.91 Å². The maximum absolute atomic E-state index is 12.6. The molecule has 21 heavy (non-hydrogen) atoms. The highest BCUT2D eigenvalue weighted by Crippen LogP contribution is 2.30. The van der Waals surface area contributed by atoms with Gasteiger partial charge in [-0.15, -0.1) is 0 Å². The van der Waals surface area contributed by atoms with Gasteiger partial charge in [-0.25, -0.2) is 0 Å². The van der Waals surface area contributed by atoms with Gasteiger partial charge in [-0.3, -0.25) is 9.59 Å². The second kappa shape index (κ2) is 7.28. The first-order chi connectivity index (χ1) is 9.97. The molecule has 3 atom stereocenters. The second-order valence-corrected chi connectivity index (χ2v) is 7.26. The number of hydrogen-bond acceptors (Lipinski definition) is 2. The van der Waals surface area contributed by atoms with Crippen LogP contribution < -0.4 is 0 Å². The van der Waals surface area contributed by atoms with Crippen LogP contribution in [0, 0.1) is 23.7 Å². The molecule has 0 aromatic rings. The molecule has 120 valence electrons. The van der Waals surface area contributed by atoms with Gasteiger partial charge >= 0.3 is 5.97 Å². The first kappa shape index (κ1) is 16.3. The molecule has 3 unspecified atom stereocenters. The summed E-state index contributed by atoms with van der Waals surface area (Å²) in [6, 6.07) is 0. The van der Waals surface area contributed by atoms with Crippen molar-refractivity contribution < 1.29 is 14.7 Å². The van der Waals surface area contributed by atoms with Gasteiger partial charge in [-0.1, -0.05) is 46.0 Å². The Morgan fingerprint density at radius 3 is 2.48 bits per heavy atom. The van der Waals surface area contributed by atoms with Crippen LogP contribution in [0.25, 0.3) is 0 Å². The number of hydrogen-bond donors (Lipinski definition) is 1. The number of aliphatic carboxylic acids is 1. The van der Waals surface area contributed by atoms with Crippen LogP contribution in [0.3, 0.4) is 0 Å². The number of piperidine rings is 1. The Balaban J connectivity index is 1.89. The highest BCUT2D eigenvalue weighted by atomic mass is 16.4. The summed E-state index contributed by atoms with van der Waals surface area (Å²) >= 11 is 0. The standard InChI is InChI=1S/C17H29NO3/c1-12-8-15(17(20)21)11-18(10-12)16(19)13(2)9-14-6-4-3-5-7-14/h12-15H,3-11H2,1-2H3,(H,20,21). The summed E-state index contributed by atoms with van der Waals surface area (Å²) in [5.41, 5.74) is 0. The molecule has 4 heteroatoms. The summed E-state index contributed by atoms with van der Waals surface area (Å²) in [7, 11) is 0. The van der Waals surface area contributed by atoms with E-state index in [1.165, 1.54) is 32.1 Å². The van der Waals surface area contributed by atoms with E-state index in [-0.39, 0.29) is 23.7 Å². The zero-order valence-electron chi connectivity index (χ0n) is 13.4. The SMILES string of the molecule is CC1CC(C(=O)O)CN(C(=O)C(C)CC2CCCCC2)C1. The van der Waals surface area contributed by atoms with Crippen molar-refractivity contribution in [3.63, 3.8) is 0 Å². The van der Waals surface area contributed by atoms with Crippen LogP contribution in [-0.4, -0.2) is 35.0 Å². The maximum atomic E-state index is 12.6. The highest BCUT2D eigenvalue weighted by Gasteiger charge is 2.34. The monoisotopic (exact) mass is 295 g/mol. The van der Waals surface area contributed by atoms with Crippen LogP contribution >= 0.6 is 0 Å². The van der Waals surface area contributed by atoms with Crippen LogP contribution in [0.4, 0.5) is 0 Å². The molecule has 1 heterocycles. The van der Waals surface area contributed by atoms with Gasteiger partial charge in [0.1, 0.15) is 0 Å². The number of amides is 1. The summed E-state index contributed by atoms with van der Waals surface area (Å²) in [4.78, 5) is 25.6. The van der Waals surface area contributed by atoms with E-state index in [1.54, 1.807) is 4.90 Å². The first-order valence-electron chi connectivity index (χ1n) is 8.49. The van der Waals surface area contributed by atoms with Gasteiger partial charge < -0.3 is 10.0 Å². The molecule has 2 rings (SSSR count). The molecule has 0 bridgehead atoms. The quantitative estimate of drug-likeness (QED) is 0.866. The third-order valence-electron chi connectivity index (χ3n) is 5.15. The minimum absolute atomic E-state index is 0.0350. The molecule has 4 nitrogen and oxygen atoms in total. The fourth-order valence-corrected chi connectivity index (χ4v) is 4.05. The van der Waals surface area contributed by atoms with Crippen molar-refractivity contribution in [1.82, 2.24) is 4.90 Å². The molecular weight excluding hydrogens is 266 g/mol. The summed E-state index contributed by atoms with van der Waals surface area (Å²) in [5, 5.41) is 9.22. The first-order valence-corrected chi connectivity index (χ1v) is 8.49. The Hall–Kier alpha value is -1.06. The van der Waals surface area contributed by atoms with Crippen molar-refractivity contribution in [2.45, 2.75) is 58.8 Å². The van der Waals surface area contributed by atoms with Gasteiger partial charge in [-0.2, -0.15) is 0 Å². The van der Waals surface area contributed by atoms with Crippen molar-refractivity contribution in [3.05, 3.63) is 0 Å². The normalized spacial score (nSPS) is 29.1. The lowest BCUT2D eigenvalue weighted by molar-refractivity contribution is -0.148. The van der Waals surface area contributed by atoms with Gasteiger partial charge in [0.05, 0.1) is 5.92 Å². The van der Waals surface area contributed by atoms with E-state index < -0.39 is 5.97 Å². The Labute approximate surface area is 127 Å². The van der Waals surface area contributed by atoms with Crippen molar-refractivity contribution >= 4 is 11.9 Å². The zero-order chi connectivity index (χ0) is 15.4. The third kappa shape index (κ3) is 4.45. The number of carboxylic acids is 1. The number of carboxylic acid groups (broad SMARTS) is 1. The number of rotatable bonds is 4. The number of nitrogens with zero attached hydrogens (tertiary/aromatic N) is 1. The molecule has 0 aromatic carbocycles. The van der Waals surface area contributed by atoms with E-state index >= 15 is 0 Å². The molecule has 1 amide bonds. The van der Waals surface area contributed by atoms with E-state index in [0.29, 0.717) is 18.9 Å². The van der Waals surface area contributed by atoms with Crippen molar-refractivity contribution in [2.24, 2.45) is 23.7 Å². The smallest absolute Gasteiger partial charge is 0.308 e. The Kier molecular flexibility index (Phi) is 5.65. The summed E-state index contributed by atoms with van der Waals surface area (Å²) in [5.74, 6) is 0.0194. The summed E-state index contributed by atoms with van der Waals surface area (Å²) in [6.07, 6.45) is 8.11. The lowest BCUT2D eigenvalue weighted by Gasteiger charge is -2.36. The third-order valence-corrected chi connectivity index (χ3v) is 5.15. The molecule has 0 spiro atoms. The number of likely N-dealkylation sites (tertiary alicyclic amines) is 1. The van der Waals surface area contributed by atoms with Gasteiger partial charge in [0.15, 0.2) is 0 Å². The maximum Gasteiger partial charge on any atom is 0.308 e. The van der Waals surface area contributed by atoms with Crippen molar-refractivity contribution in [1.29, 1.82) is 0 Å². The van der Waals surface area contributed by atoms with Crippen LogP contribution in [0.15, 0.2) is 0 Å². The lowest BCUT2D eigenvalue weighted by atomic mass is 9.82. The molecular formula is C17H29NO3. The highest BCUT2D eigenvalue weighted by molar-refractivity contribution is 5.80. The summed E-state index contributed by atoms with van der Waals surface area (Å²) in [6.45, 7) is 5.18. The van der Waals surface area contributed by atoms with Crippen LogP contribution in [0.1, 0.15) is 58.8 Å². The molecule has 1 saturated carbocycles. The predicted octanol–water partition coefficient (Wildman–Crippen LogP) is 3.16. The van der Waals surface area contributed by atoms with Gasteiger partial charge in [-0.05, 0) is 24.7 Å². The Morgan fingerprint density at radius 2 is 1.86 bits per heavy atom. The molecule has 2 fully saturated rings. The molecule has 1 aliphatic carbocycles. The fourth-order valence-electron chi connectivity index (χ4n) is 4.05. The molecule has 0 aromatic heterocycles. The van der Waals surface area contributed by atoms with Crippen LogP contribution in [0.5, 0.6) is 0 Å². The van der Waals surface area contributed by atoms with E-state index in [0.717, 1.165) is 13.0 Å². The second-order valence-electron chi connectivity index (χ2n) is 7.26. The molecule has 1 saturated heterocycles. The molecule has 1 aliphatic heterocycles. The zero-order valence-corrected chi connectivity index (χ0v) is 13.4. The Morgan fingerprint density at radius 1 is 1.19 bits per heavy atom. The largest absolute Gasteiger partial charge is 0.481 e. The average Bonchev–Trinajstić information content (AvgIpc) is 2.46. The fraction of sp³-hybridized carbons (Fsp3) is 0.882. The molecule has 1 N–H and O–H groups in total. The average molecular weight is 295 g/mol. The van der Waals surface area contributed by atoms with Gasteiger partial charge in [0.25, 0.3) is 0 Å². The minimum atomic E-state index is -0.765. The van der Waals surface area contributed by atoms with E-state index in [2.05, 4.69) is 0 Å². The van der Waals surface area contributed by atoms with Gasteiger partial charge in [0, 0.05) is 19.0 Å². The molecule has 0 radical (unpaired) electrons. The van der Waals surface area contributed by atoms with E-state index in [9.17, 15) is 14.7 Å². The van der Waals surface area contributed by atoms with E-state index in [1.807, 2.05) is 13.8 Å². The topological polar surface area (TPSA) is 57.6 Å². The number of carbonyl (C=O) groups excluding carboxylic acids is 1. The van der Waals surface area contributed by atoms with Crippen LogP contribution in [-0.2, 0) is 9.59 Å².